The highest BCUT2D eigenvalue weighted by Crippen LogP contribution is 2.47. The smallest absolute Gasteiger partial charge is 0.409 e. The van der Waals surface area contributed by atoms with Crippen LogP contribution in [0.1, 0.15) is 26.2 Å². The lowest BCUT2D eigenvalue weighted by molar-refractivity contribution is -0.389. The second-order valence-electron chi connectivity index (χ2n) is 9.36. The molecule has 1 spiro atoms. The molecule has 11 nitrogen and oxygen atoms in total. The molecular formula is C23H29N7O4. The van der Waals surface area contributed by atoms with Crippen LogP contribution < -0.4 is 4.90 Å². The first kappa shape index (κ1) is 22.5. The minimum atomic E-state index is -0.462. The Morgan fingerprint density at radius 3 is 2.71 bits per heavy atom. The van der Waals surface area contributed by atoms with Gasteiger partial charge in [0.25, 0.3) is 5.82 Å². The summed E-state index contributed by atoms with van der Waals surface area (Å²) in [7, 11) is 0. The molecule has 1 saturated carbocycles. The summed E-state index contributed by atoms with van der Waals surface area (Å²) < 4.78 is 5.12. The number of ether oxygens (including phenoxy) is 1. The molecule has 2 aromatic heterocycles. The Balaban J connectivity index is 1.24. The molecule has 0 aromatic carbocycles. The van der Waals surface area contributed by atoms with Crippen LogP contribution >= 0.6 is 0 Å². The lowest BCUT2D eigenvalue weighted by Gasteiger charge is -2.48. The fourth-order valence-electron chi connectivity index (χ4n) is 5.60. The number of pyridine rings is 1. The summed E-state index contributed by atoms with van der Waals surface area (Å²) in [6.07, 6.45) is 8.03. The van der Waals surface area contributed by atoms with E-state index in [4.69, 9.17) is 4.74 Å². The molecule has 0 radical (unpaired) electrons. The maximum atomic E-state index is 11.9. The second-order valence-corrected chi connectivity index (χ2v) is 9.36. The van der Waals surface area contributed by atoms with Gasteiger partial charge in [-0.25, -0.2) is 4.79 Å². The fourth-order valence-corrected chi connectivity index (χ4v) is 5.60. The van der Waals surface area contributed by atoms with E-state index in [1.165, 1.54) is 6.07 Å². The Bertz CT molecular complexity index is 1050. The molecule has 4 heterocycles. The van der Waals surface area contributed by atoms with Crippen molar-refractivity contribution in [3.05, 3.63) is 40.8 Å². The highest BCUT2D eigenvalue weighted by Gasteiger charge is 2.51. The van der Waals surface area contributed by atoms with Gasteiger partial charge in [0.05, 0.1) is 24.1 Å². The molecule has 1 aliphatic carbocycles. The van der Waals surface area contributed by atoms with E-state index < -0.39 is 4.92 Å². The number of hydrogen-bond donors (Lipinski definition) is 0. The third-order valence-electron chi connectivity index (χ3n) is 7.27. The van der Waals surface area contributed by atoms with Gasteiger partial charge in [0.2, 0.25) is 0 Å². The summed E-state index contributed by atoms with van der Waals surface area (Å²) in [4.78, 5) is 42.2. The van der Waals surface area contributed by atoms with Gasteiger partial charge in [0.15, 0.2) is 0 Å². The monoisotopic (exact) mass is 467 g/mol. The average molecular weight is 468 g/mol. The van der Waals surface area contributed by atoms with Crippen molar-refractivity contribution in [2.24, 2.45) is 5.41 Å². The molecule has 0 unspecified atom stereocenters. The second kappa shape index (κ2) is 9.13. The van der Waals surface area contributed by atoms with Gasteiger partial charge in [-0.15, -0.1) is 0 Å². The Morgan fingerprint density at radius 2 is 2.03 bits per heavy atom. The number of carbonyl (C=O) groups excluding carboxylic acids is 1. The maximum absolute atomic E-state index is 11.9. The van der Waals surface area contributed by atoms with Gasteiger partial charge < -0.3 is 24.7 Å². The highest BCUT2D eigenvalue weighted by molar-refractivity contribution is 5.74. The van der Waals surface area contributed by atoms with Crippen molar-refractivity contribution in [3.8, 4) is 11.3 Å². The van der Waals surface area contributed by atoms with Gasteiger partial charge in [-0.05, 0) is 42.2 Å². The van der Waals surface area contributed by atoms with Crippen molar-refractivity contribution < 1.29 is 14.5 Å². The largest absolute Gasteiger partial charge is 0.450 e. The first-order chi connectivity index (χ1) is 16.5. The van der Waals surface area contributed by atoms with E-state index in [2.05, 4.69) is 24.8 Å². The fraction of sp³-hybridized carbons (Fsp3) is 0.565. The predicted octanol–water partition coefficient (Wildman–Crippen LogP) is 2.58. The highest BCUT2D eigenvalue weighted by atomic mass is 16.6. The zero-order valence-corrected chi connectivity index (χ0v) is 19.3. The predicted molar refractivity (Wildman–Crippen MR) is 124 cm³/mol. The minimum Gasteiger partial charge on any atom is -0.450 e. The van der Waals surface area contributed by atoms with Gasteiger partial charge in [-0.1, -0.05) is 0 Å². The number of likely N-dealkylation sites (tertiary alicyclic amines) is 1. The quantitative estimate of drug-likeness (QED) is 0.483. The van der Waals surface area contributed by atoms with E-state index in [1.807, 2.05) is 11.8 Å². The van der Waals surface area contributed by atoms with E-state index in [0.717, 1.165) is 64.1 Å². The van der Waals surface area contributed by atoms with Crippen molar-refractivity contribution in [1.82, 2.24) is 24.8 Å². The Kier molecular flexibility index (Phi) is 6.03. The number of carbonyl (C=O) groups is 1. The van der Waals surface area contributed by atoms with Crippen LogP contribution in [-0.2, 0) is 4.74 Å². The van der Waals surface area contributed by atoms with Crippen LogP contribution in [0.3, 0.4) is 0 Å². The number of anilines is 1. The molecule has 0 N–H and O–H groups in total. The first-order valence-electron chi connectivity index (χ1n) is 11.8. The third kappa shape index (κ3) is 4.27. The van der Waals surface area contributed by atoms with Crippen molar-refractivity contribution in [1.29, 1.82) is 0 Å². The summed E-state index contributed by atoms with van der Waals surface area (Å²) >= 11 is 0. The summed E-state index contributed by atoms with van der Waals surface area (Å²) in [5.74, 6) is 0.417. The zero-order valence-electron chi connectivity index (χ0n) is 19.3. The van der Waals surface area contributed by atoms with Gasteiger partial charge >= 0.3 is 11.9 Å². The van der Waals surface area contributed by atoms with Crippen LogP contribution in [0.2, 0.25) is 0 Å². The van der Waals surface area contributed by atoms with E-state index in [0.29, 0.717) is 24.2 Å². The number of rotatable bonds is 5. The molecule has 2 saturated heterocycles. The number of hydrogen-bond acceptors (Lipinski definition) is 9. The molecule has 11 heteroatoms. The average Bonchev–Trinajstić information content (AvgIpc) is 3.30. The van der Waals surface area contributed by atoms with Crippen molar-refractivity contribution in [3.63, 3.8) is 0 Å². The Morgan fingerprint density at radius 1 is 1.24 bits per heavy atom. The van der Waals surface area contributed by atoms with Gasteiger partial charge in [-0.2, -0.15) is 0 Å². The number of nitro groups is 1. The topological polar surface area (TPSA) is 118 Å². The van der Waals surface area contributed by atoms with Crippen LogP contribution in [-0.4, -0.2) is 87.7 Å². The van der Waals surface area contributed by atoms with Crippen LogP contribution in [0.25, 0.3) is 11.3 Å². The standard InChI is InChI=1S/C23H29N7O4/c1-2-34-22(31)29-15-23(16-29)6-5-17(13-23)27-9-11-28(12-10-27)21-18(19-14-24-7-8-25-19)3-4-20(26-21)30(32)33/h3-4,7-8,14,17H,2,5-6,9-13,15-16H2,1H3/t17-/m1/s1. The van der Waals surface area contributed by atoms with Gasteiger partial charge in [-0.3, -0.25) is 14.9 Å². The summed E-state index contributed by atoms with van der Waals surface area (Å²) in [6.45, 7) is 7.03. The maximum Gasteiger partial charge on any atom is 0.409 e. The molecule has 3 aliphatic rings. The van der Waals surface area contributed by atoms with Crippen LogP contribution in [0, 0.1) is 15.5 Å². The SMILES string of the molecule is CCOC(=O)N1CC2(CC[C@@H](N3CCN(c4nc([N+](=O)[O-])ccc4-c4cnccn4)CC3)C2)C1. The van der Waals surface area contributed by atoms with Crippen LogP contribution in [0.4, 0.5) is 16.4 Å². The Hall–Kier alpha value is -3.34. The normalized spacial score (nSPS) is 22.0. The van der Waals surface area contributed by atoms with Crippen LogP contribution in [0.15, 0.2) is 30.7 Å². The Labute approximate surface area is 197 Å². The molecule has 34 heavy (non-hydrogen) atoms. The van der Waals surface area contributed by atoms with Gasteiger partial charge in [0.1, 0.15) is 0 Å². The van der Waals surface area contributed by atoms with E-state index >= 15 is 0 Å². The van der Waals surface area contributed by atoms with E-state index in [9.17, 15) is 14.9 Å². The lowest BCUT2D eigenvalue weighted by Crippen LogP contribution is -2.58. The molecule has 1 atom stereocenters. The number of aromatic nitrogens is 3. The lowest BCUT2D eigenvalue weighted by atomic mass is 9.78. The molecular weight excluding hydrogens is 438 g/mol. The molecule has 5 rings (SSSR count). The van der Waals surface area contributed by atoms with Crippen molar-refractivity contribution in [2.75, 3.05) is 50.8 Å². The van der Waals surface area contributed by atoms with E-state index in [-0.39, 0.29) is 17.3 Å². The molecule has 3 fully saturated rings. The van der Waals surface area contributed by atoms with Gasteiger partial charge in [0, 0.05) is 69.2 Å². The summed E-state index contributed by atoms with van der Waals surface area (Å²) in [5, 5.41) is 11.4. The van der Waals surface area contributed by atoms with E-state index in [1.54, 1.807) is 24.7 Å². The molecule has 2 aliphatic heterocycles. The zero-order chi connectivity index (χ0) is 23.7. The minimum absolute atomic E-state index is 0.168. The van der Waals surface area contributed by atoms with Crippen molar-refractivity contribution >= 4 is 17.7 Å². The first-order valence-corrected chi connectivity index (χ1v) is 11.8. The molecule has 2 aromatic rings. The number of nitrogens with zero attached hydrogens (tertiary/aromatic N) is 7. The number of amides is 1. The summed E-state index contributed by atoms with van der Waals surface area (Å²) in [6, 6.07) is 3.63. The third-order valence-corrected chi connectivity index (χ3v) is 7.27. The molecule has 1 amide bonds. The molecule has 180 valence electrons. The summed E-state index contributed by atoms with van der Waals surface area (Å²) in [5.41, 5.74) is 1.63. The van der Waals surface area contributed by atoms with Crippen LogP contribution in [0.5, 0.6) is 0 Å². The molecule has 0 bridgehead atoms. The number of piperazine rings is 1. The van der Waals surface area contributed by atoms with Crippen molar-refractivity contribution in [2.45, 2.75) is 32.2 Å².